The lowest BCUT2D eigenvalue weighted by Crippen LogP contribution is -2.40. The fourth-order valence-electron chi connectivity index (χ4n) is 3.69. The second kappa shape index (κ2) is 6.50. The van der Waals surface area contributed by atoms with Crippen LogP contribution < -0.4 is 0 Å². The van der Waals surface area contributed by atoms with Gasteiger partial charge in [0.2, 0.25) is 5.91 Å². The number of phenols is 1. The molecule has 3 rings (SSSR count). The van der Waals surface area contributed by atoms with E-state index < -0.39 is 0 Å². The van der Waals surface area contributed by atoms with Crippen molar-refractivity contribution in [2.75, 3.05) is 6.54 Å². The zero-order chi connectivity index (χ0) is 14.7. The summed E-state index contributed by atoms with van der Waals surface area (Å²) < 4.78 is 0. The molecule has 3 heteroatoms. The third-order valence-corrected chi connectivity index (χ3v) is 4.97. The zero-order valence-corrected chi connectivity index (χ0v) is 12.7. The molecule has 0 radical (unpaired) electrons. The van der Waals surface area contributed by atoms with E-state index in [9.17, 15) is 9.90 Å². The highest BCUT2D eigenvalue weighted by Crippen LogP contribution is 2.28. The minimum Gasteiger partial charge on any atom is -0.508 e. The summed E-state index contributed by atoms with van der Waals surface area (Å²) in [4.78, 5) is 14.8. The van der Waals surface area contributed by atoms with Crippen molar-refractivity contribution in [2.45, 2.75) is 57.9 Å². The molecular formula is C18H25NO2. The Labute approximate surface area is 127 Å². The number of carbonyl (C=O) groups excluding carboxylic acids is 1. The van der Waals surface area contributed by atoms with Gasteiger partial charge in [0.25, 0.3) is 0 Å². The van der Waals surface area contributed by atoms with Gasteiger partial charge in [-0.3, -0.25) is 4.79 Å². The first-order valence-electron chi connectivity index (χ1n) is 8.33. The average Bonchev–Trinajstić information content (AvgIpc) is 2.45. The van der Waals surface area contributed by atoms with Crippen LogP contribution in [0.4, 0.5) is 0 Å². The maximum absolute atomic E-state index is 12.8. The molecule has 1 heterocycles. The first kappa shape index (κ1) is 14.4. The summed E-state index contributed by atoms with van der Waals surface area (Å²) in [5, 5.41) is 9.63. The lowest BCUT2D eigenvalue weighted by molar-refractivity contribution is -0.137. The third kappa shape index (κ3) is 3.39. The minimum atomic E-state index is 0.226. The summed E-state index contributed by atoms with van der Waals surface area (Å²) in [7, 11) is 0. The molecule has 2 aliphatic rings. The van der Waals surface area contributed by atoms with Gasteiger partial charge in [0, 0.05) is 19.0 Å². The van der Waals surface area contributed by atoms with Crippen molar-refractivity contribution >= 4 is 5.91 Å². The van der Waals surface area contributed by atoms with Crippen LogP contribution in [0, 0.1) is 5.92 Å². The number of amides is 1. The number of rotatable bonds is 1. The number of phenolic OH excluding ortho intramolecular Hbond substituents is 1. The molecule has 0 saturated heterocycles. The predicted molar refractivity (Wildman–Crippen MR) is 83.0 cm³/mol. The molecule has 1 saturated carbocycles. The first-order valence-corrected chi connectivity index (χ1v) is 8.33. The Balaban J connectivity index is 1.68. The number of benzene rings is 1. The quantitative estimate of drug-likeness (QED) is 0.856. The van der Waals surface area contributed by atoms with E-state index in [0.29, 0.717) is 18.2 Å². The van der Waals surface area contributed by atoms with Crippen LogP contribution in [0.5, 0.6) is 5.75 Å². The van der Waals surface area contributed by atoms with Crippen LogP contribution in [0.25, 0.3) is 0 Å². The van der Waals surface area contributed by atoms with E-state index in [1.54, 1.807) is 6.07 Å². The Morgan fingerprint density at radius 2 is 1.76 bits per heavy atom. The van der Waals surface area contributed by atoms with Gasteiger partial charge < -0.3 is 10.0 Å². The third-order valence-electron chi connectivity index (χ3n) is 4.97. The van der Waals surface area contributed by atoms with Gasteiger partial charge in [0.1, 0.15) is 5.75 Å². The molecule has 1 aromatic carbocycles. The molecule has 1 aliphatic heterocycles. The molecule has 21 heavy (non-hydrogen) atoms. The van der Waals surface area contributed by atoms with Crippen LogP contribution in [0.15, 0.2) is 18.2 Å². The van der Waals surface area contributed by atoms with Gasteiger partial charge in [-0.2, -0.15) is 0 Å². The van der Waals surface area contributed by atoms with Crippen molar-refractivity contribution in [2.24, 2.45) is 5.92 Å². The van der Waals surface area contributed by atoms with Crippen molar-refractivity contribution in [1.82, 2.24) is 4.90 Å². The first-order chi connectivity index (χ1) is 10.2. The van der Waals surface area contributed by atoms with Gasteiger partial charge in [-0.25, -0.2) is 0 Å². The van der Waals surface area contributed by atoms with Gasteiger partial charge in [-0.15, -0.1) is 0 Å². The Hall–Kier alpha value is -1.51. The van der Waals surface area contributed by atoms with Crippen molar-refractivity contribution in [3.05, 3.63) is 29.3 Å². The number of hydrogen-bond acceptors (Lipinski definition) is 2. The summed E-state index contributed by atoms with van der Waals surface area (Å²) in [6.45, 7) is 1.49. The van der Waals surface area contributed by atoms with Crippen LogP contribution >= 0.6 is 0 Å². The lowest BCUT2D eigenvalue weighted by Gasteiger charge is -2.32. The van der Waals surface area contributed by atoms with Gasteiger partial charge in [-0.1, -0.05) is 38.2 Å². The number of carbonyl (C=O) groups is 1. The number of hydrogen-bond donors (Lipinski definition) is 1. The topological polar surface area (TPSA) is 40.5 Å². The Morgan fingerprint density at radius 1 is 1.05 bits per heavy atom. The molecular weight excluding hydrogens is 262 g/mol. The van der Waals surface area contributed by atoms with Crippen molar-refractivity contribution in [3.8, 4) is 5.75 Å². The van der Waals surface area contributed by atoms with E-state index in [1.165, 1.54) is 37.7 Å². The van der Waals surface area contributed by atoms with E-state index in [2.05, 4.69) is 0 Å². The molecule has 1 fully saturated rings. The molecule has 0 atom stereocenters. The molecule has 0 unspecified atom stereocenters. The molecule has 0 aromatic heterocycles. The number of nitrogens with zero attached hydrogens (tertiary/aromatic N) is 1. The highest BCUT2D eigenvalue weighted by Gasteiger charge is 2.27. The summed E-state index contributed by atoms with van der Waals surface area (Å²) in [5.41, 5.74) is 2.38. The molecule has 114 valence electrons. The molecule has 1 aromatic rings. The molecule has 1 amide bonds. The van der Waals surface area contributed by atoms with E-state index in [0.717, 1.165) is 31.4 Å². The van der Waals surface area contributed by atoms with E-state index >= 15 is 0 Å². The molecule has 0 spiro atoms. The van der Waals surface area contributed by atoms with E-state index in [1.807, 2.05) is 17.0 Å². The maximum Gasteiger partial charge on any atom is 0.225 e. The smallest absolute Gasteiger partial charge is 0.225 e. The predicted octanol–water partition coefficient (Wildman–Crippen LogP) is 3.64. The second-order valence-electron chi connectivity index (χ2n) is 6.50. The van der Waals surface area contributed by atoms with Gasteiger partial charge in [0.15, 0.2) is 0 Å². The monoisotopic (exact) mass is 287 g/mol. The number of aromatic hydroxyl groups is 1. The minimum absolute atomic E-state index is 0.226. The van der Waals surface area contributed by atoms with Crippen LogP contribution in [-0.4, -0.2) is 22.5 Å². The van der Waals surface area contributed by atoms with Gasteiger partial charge in [0.05, 0.1) is 0 Å². The SMILES string of the molecule is O=C(C1CCCCCCC1)N1CCc2ccc(O)cc2C1. The Morgan fingerprint density at radius 3 is 2.52 bits per heavy atom. The van der Waals surface area contributed by atoms with Crippen LogP contribution in [-0.2, 0) is 17.8 Å². The van der Waals surface area contributed by atoms with Crippen LogP contribution in [0.1, 0.15) is 56.1 Å². The molecule has 0 bridgehead atoms. The fraction of sp³-hybridized carbons (Fsp3) is 0.611. The van der Waals surface area contributed by atoms with Gasteiger partial charge in [-0.05, 0) is 42.5 Å². The molecule has 1 N–H and O–H groups in total. The number of fused-ring (bicyclic) bond motifs is 1. The van der Waals surface area contributed by atoms with Crippen molar-refractivity contribution < 1.29 is 9.90 Å². The van der Waals surface area contributed by atoms with Crippen molar-refractivity contribution in [3.63, 3.8) is 0 Å². The zero-order valence-electron chi connectivity index (χ0n) is 12.7. The Bertz CT molecular complexity index is 504. The maximum atomic E-state index is 12.8. The second-order valence-corrected chi connectivity index (χ2v) is 6.50. The van der Waals surface area contributed by atoms with Gasteiger partial charge >= 0.3 is 0 Å². The summed E-state index contributed by atoms with van der Waals surface area (Å²) in [6.07, 6.45) is 9.31. The highest BCUT2D eigenvalue weighted by atomic mass is 16.3. The van der Waals surface area contributed by atoms with E-state index in [4.69, 9.17) is 0 Å². The molecule has 1 aliphatic carbocycles. The highest BCUT2D eigenvalue weighted by molar-refractivity contribution is 5.79. The summed E-state index contributed by atoms with van der Waals surface area (Å²) in [6, 6.07) is 5.54. The average molecular weight is 287 g/mol. The molecule has 3 nitrogen and oxygen atoms in total. The Kier molecular flexibility index (Phi) is 4.47. The van der Waals surface area contributed by atoms with Crippen molar-refractivity contribution in [1.29, 1.82) is 0 Å². The lowest BCUT2D eigenvalue weighted by atomic mass is 9.89. The fourth-order valence-corrected chi connectivity index (χ4v) is 3.69. The van der Waals surface area contributed by atoms with Crippen LogP contribution in [0.2, 0.25) is 0 Å². The summed E-state index contributed by atoms with van der Waals surface area (Å²) >= 11 is 0. The standard InChI is InChI=1S/C18H25NO2/c20-17-9-8-14-10-11-19(13-16(14)12-17)18(21)15-6-4-2-1-3-5-7-15/h8-9,12,15,20H,1-7,10-11,13H2. The van der Waals surface area contributed by atoms with E-state index in [-0.39, 0.29) is 5.92 Å². The summed E-state index contributed by atoms with van der Waals surface area (Å²) in [5.74, 6) is 0.865. The largest absolute Gasteiger partial charge is 0.508 e. The normalized spacial score (nSPS) is 20.5. The van der Waals surface area contributed by atoms with Crippen LogP contribution in [0.3, 0.4) is 0 Å².